The van der Waals surface area contributed by atoms with Crippen LogP contribution in [0.2, 0.25) is 0 Å². The first-order valence-electron chi connectivity index (χ1n) is 10.3. The molecule has 0 aliphatic carbocycles. The van der Waals surface area contributed by atoms with Crippen LogP contribution in [0, 0.1) is 5.92 Å². The molecule has 1 N–H and O–H groups in total. The summed E-state index contributed by atoms with van der Waals surface area (Å²) in [6.07, 6.45) is 1.72. The summed E-state index contributed by atoms with van der Waals surface area (Å²) >= 11 is 0. The van der Waals surface area contributed by atoms with E-state index < -0.39 is 12.6 Å². The molecule has 0 spiro atoms. The third-order valence-corrected chi connectivity index (χ3v) is 4.89. The fourth-order valence-electron chi connectivity index (χ4n) is 3.34. The summed E-state index contributed by atoms with van der Waals surface area (Å²) in [7, 11) is 0. The molecule has 31 heavy (non-hydrogen) atoms. The molecular formula is C24H26N2O5. The van der Waals surface area contributed by atoms with Crippen molar-refractivity contribution in [3.63, 3.8) is 0 Å². The van der Waals surface area contributed by atoms with Gasteiger partial charge in [0.25, 0.3) is 0 Å². The minimum absolute atomic E-state index is 0.0320. The first-order chi connectivity index (χ1) is 14.8. The van der Waals surface area contributed by atoms with E-state index in [9.17, 15) is 19.2 Å². The monoisotopic (exact) mass is 422 g/mol. The normalized spacial score (nSPS) is 13.4. The quantitative estimate of drug-likeness (QED) is 0.515. The van der Waals surface area contributed by atoms with E-state index in [4.69, 9.17) is 4.74 Å². The molecule has 2 amide bonds. The van der Waals surface area contributed by atoms with Crippen LogP contribution in [0.1, 0.15) is 53.8 Å². The molecule has 1 heterocycles. The Morgan fingerprint density at radius 1 is 1.06 bits per heavy atom. The number of ether oxygens (including phenoxy) is 1. The van der Waals surface area contributed by atoms with Crippen molar-refractivity contribution in [2.45, 2.75) is 33.1 Å². The molecule has 3 rings (SSSR count). The highest BCUT2D eigenvalue weighted by molar-refractivity contribution is 6.01. The van der Waals surface area contributed by atoms with Crippen LogP contribution in [0.3, 0.4) is 0 Å². The molecule has 7 nitrogen and oxygen atoms in total. The number of nitrogens with zero attached hydrogens (tertiary/aromatic N) is 1. The van der Waals surface area contributed by atoms with Crippen molar-refractivity contribution >= 4 is 34.9 Å². The van der Waals surface area contributed by atoms with Gasteiger partial charge in [0, 0.05) is 36.3 Å². The standard InChI is InChI=1S/C24H26N2O5/c1-16(2)13-22(28)25-19-10-8-17(9-11-19)21(27)15-31-24(30)18-5-3-6-20(14-18)26-12-4-7-23(26)29/h3,5-6,8-11,14,16H,4,7,12-13,15H2,1-2H3,(H,25,28). The van der Waals surface area contributed by atoms with Gasteiger partial charge >= 0.3 is 5.97 Å². The second-order valence-corrected chi connectivity index (χ2v) is 7.92. The molecule has 1 aliphatic rings. The Balaban J connectivity index is 1.55. The van der Waals surface area contributed by atoms with Gasteiger partial charge in [0.1, 0.15) is 0 Å². The van der Waals surface area contributed by atoms with Gasteiger partial charge in [-0.05, 0) is 54.8 Å². The third kappa shape index (κ3) is 6.01. The van der Waals surface area contributed by atoms with Crippen molar-refractivity contribution in [1.82, 2.24) is 0 Å². The number of hydrogen-bond donors (Lipinski definition) is 1. The SMILES string of the molecule is CC(C)CC(=O)Nc1ccc(C(=O)COC(=O)c2cccc(N3CCCC3=O)c2)cc1. The molecule has 7 heteroatoms. The smallest absolute Gasteiger partial charge is 0.338 e. The highest BCUT2D eigenvalue weighted by atomic mass is 16.5. The van der Waals surface area contributed by atoms with Crippen molar-refractivity contribution in [3.8, 4) is 0 Å². The highest BCUT2D eigenvalue weighted by Crippen LogP contribution is 2.22. The lowest BCUT2D eigenvalue weighted by Crippen LogP contribution is -2.24. The van der Waals surface area contributed by atoms with E-state index in [1.807, 2.05) is 13.8 Å². The van der Waals surface area contributed by atoms with Crippen LogP contribution in [0.25, 0.3) is 0 Å². The molecular weight excluding hydrogens is 396 g/mol. The van der Waals surface area contributed by atoms with Crippen LogP contribution in [-0.4, -0.2) is 36.7 Å². The van der Waals surface area contributed by atoms with E-state index in [0.29, 0.717) is 36.3 Å². The summed E-state index contributed by atoms with van der Waals surface area (Å²) < 4.78 is 5.17. The lowest BCUT2D eigenvalue weighted by atomic mass is 10.1. The summed E-state index contributed by atoms with van der Waals surface area (Å²) in [5.41, 5.74) is 1.92. The van der Waals surface area contributed by atoms with Gasteiger partial charge in [0.2, 0.25) is 11.8 Å². The van der Waals surface area contributed by atoms with Crippen LogP contribution in [0.15, 0.2) is 48.5 Å². The van der Waals surface area contributed by atoms with Crippen molar-refractivity contribution in [3.05, 3.63) is 59.7 Å². The summed E-state index contributed by atoms with van der Waals surface area (Å²) in [4.78, 5) is 50.1. The summed E-state index contributed by atoms with van der Waals surface area (Å²) in [5.74, 6) is -0.767. The van der Waals surface area contributed by atoms with Gasteiger partial charge in [0.05, 0.1) is 5.56 Å². The Labute approximate surface area is 181 Å². The van der Waals surface area contributed by atoms with Crippen LogP contribution < -0.4 is 10.2 Å². The first-order valence-corrected chi connectivity index (χ1v) is 10.3. The zero-order valence-corrected chi connectivity index (χ0v) is 17.7. The van der Waals surface area contributed by atoms with E-state index in [-0.39, 0.29) is 29.1 Å². The molecule has 0 saturated carbocycles. The van der Waals surface area contributed by atoms with Crippen molar-refractivity contribution in [2.24, 2.45) is 5.92 Å². The van der Waals surface area contributed by atoms with Crippen LogP contribution in [-0.2, 0) is 14.3 Å². The van der Waals surface area contributed by atoms with Gasteiger partial charge in [-0.2, -0.15) is 0 Å². The van der Waals surface area contributed by atoms with Gasteiger partial charge in [-0.25, -0.2) is 4.79 Å². The largest absolute Gasteiger partial charge is 0.454 e. The predicted octanol–water partition coefficient (Wildman–Crippen LogP) is 3.84. The summed E-state index contributed by atoms with van der Waals surface area (Å²) in [6, 6.07) is 13.1. The molecule has 0 unspecified atom stereocenters. The van der Waals surface area contributed by atoms with Gasteiger partial charge in [-0.3, -0.25) is 14.4 Å². The molecule has 0 atom stereocenters. The second-order valence-electron chi connectivity index (χ2n) is 7.92. The minimum atomic E-state index is -0.626. The Hall–Kier alpha value is -3.48. The first kappa shape index (κ1) is 22.2. The number of ketones is 1. The van der Waals surface area contributed by atoms with Gasteiger partial charge in [-0.1, -0.05) is 19.9 Å². The highest BCUT2D eigenvalue weighted by Gasteiger charge is 2.22. The van der Waals surface area contributed by atoms with E-state index in [2.05, 4.69) is 5.32 Å². The lowest BCUT2D eigenvalue weighted by Gasteiger charge is -2.16. The molecule has 1 fully saturated rings. The number of anilines is 2. The maximum absolute atomic E-state index is 12.4. The Bertz CT molecular complexity index is 982. The molecule has 2 aromatic carbocycles. The topological polar surface area (TPSA) is 92.8 Å². The average molecular weight is 422 g/mol. The molecule has 0 aromatic heterocycles. The number of hydrogen-bond acceptors (Lipinski definition) is 5. The van der Waals surface area contributed by atoms with E-state index in [1.54, 1.807) is 53.4 Å². The number of Topliss-reactive ketones (excluding diaryl/α,β-unsaturated/α-hetero) is 1. The molecule has 1 aliphatic heterocycles. The van der Waals surface area contributed by atoms with Gasteiger partial charge < -0.3 is 15.0 Å². The molecule has 0 bridgehead atoms. The lowest BCUT2D eigenvalue weighted by molar-refractivity contribution is -0.117. The van der Waals surface area contributed by atoms with Crippen LogP contribution in [0.5, 0.6) is 0 Å². The second kappa shape index (κ2) is 10.0. The number of benzene rings is 2. The van der Waals surface area contributed by atoms with E-state index in [0.717, 1.165) is 6.42 Å². The number of amides is 2. The maximum atomic E-state index is 12.4. The fraction of sp³-hybridized carbons (Fsp3) is 0.333. The molecule has 0 radical (unpaired) electrons. The number of esters is 1. The average Bonchev–Trinajstić information content (AvgIpc) is 3.17. The Kier molecular flexibility index (Phi) is 7.18. The number of carbonyl (C=O) groups excluding carboxylic acids is 4. The Morgan fingerprint density at radius 3 is 2.45 bits per heavy atom. The molecule has 162 valence electrons. The molecule has 1 saturated heterocycles. The predicted molar refractivity (Wildman–Crippen MR) is 117 cm³/mol. The molecule has 2 aromatic rings. The van der Waals surface area contributed by atoms with Crippen LogP contribution in [0.4, 0.5) is 11.4 Å². The summed E-state index contributed by atoms with van der Waals surface area (Å²) in [6.45, 7) is 4.16. The fourth-order valence-corrected chi connectivity index (χ4v) is 3.34. The van der Waals surface area contributed by atoms with Crippen LogP contribution >= 0.6 is 0 Å². The number of carbonyl (C=O) groups is 4. The zero-order valence-electron chi connectivity index (χ0n) is 17.7. The van der Waals surface area contributed by atoms with E-state index >= 15 is 0 Å². The van der Waals surface area contributed by atoms with Gasteiger partial charge in [-0.15, -0.1) is 0 Å². The number of rotatable bonds is 8. The maximum Gasteiger partial charge on any atom is 0.338 e. The van der Waals surface area contributed by atoms with Crippen molar-refractivity contribution < 1.29 is 23.9 Å². The van der Waals surface area contributed by atoms with E-state index in [1.165, 1.54) is 0 Å². The zero-order chi connectivity index (χ0) is 22.4. The van der Waals surface area contributed by atoms with Crippen molar-refractivity contribution in [1.29, 1.82) is 0 Å². The Morgan fingerprint density at radius 2 is 1.81 bits per heavy atom. The van der Waals surface area contributed by atoms with Gasteiger partial charge in [0.15, 0.2) is 12.4 Å². The number of nitrogens with one attached hydrogen (secondary N) is 1. The minimum Gasteiger partial charge on any atom is -0.454 e. The summed E-state index contributed by atoms with van der Waals surface area (Å²) in [5, 5.41) is 2.78. The van der Waals surface area contributed by atoms with Crippen molar-refractivity contribution in [2.75, 3.05) is 23.4 Å². The third-order valence-electron chi connectivity index (χ3n) is 4.89.